The van der Waals surface area contributed by atoms with Gasteiger partial charge in [0.05, 0.1) is 17.7 Å². The summed E-state index contributed by atoms with van der Waals surface area (Å²) in [5.41, 5.74) is 3.19. The van der Waals surface area contributed by atoms with E-state index in [0.717, 1.165) is 48.2 Å². The van der Waals surface area contributed by atoms with Crippen molar-refractivity contribution in [3.8, 4) is 0 Å². The zero-order chi connectivity index (χ0) is 19.3. The molecule has 1 amide bonds. The third-order valence-corrected chi connectivity index (χ3v) is 6.42. The van der Waals surface area contributed by atoms with Crippen LogP contribution in [0.15, 0.2) is 23.0 Å². The molecule has 7 nitrogen and oxygen atoms in total. The Morgan fingerprint density at radius 3 is 2.71 bits per heavy atom. The van der Waals surface area contributed by atoms with Crippen LogP contribution in [0.2, 0.25) is 0 Å². The van der Waals surface area contributed by atoms with Crippen LogP contribution in [0.1, 0.15) is 42.5 Å². The van der Waals surface area contributed by atoms with Gasteiger partial charge >= 0.3 is 0 Å². The van der Waals surface area contributed by atoms with Gasteiger partial charge in [-0.1, -0.05) is 12.1 Å². The predicted molar refractivity (Wildman–Crippen MR) is 106 cm³/mol. The molecule has 1 aliphatic carbocycles. The van der Waals surface area contributed by atoms with E-state index < -0.39 is 5.41 Å². The molecule has 1 aromatic carbocycles. The summed E-state index contributed by atoms with van der Waals surface area (Å²) in [5, 5.41) is 2.96. The van der Waals surface area contributed by atoms with E-state index in [9.17, 15) is 9.59 Å². The van der Waals surface area contributed by atoms with Gasteiger partial charge in [-0.3, -0.25) is 14.6 Å². The van der Waals surface area contributed by atoms with Gasteiger partial charge in [-0.05, 0) is 50.2 Å². The maximum Gasteiger partial charge on any atom is 0.255 e. The molecule has 3 aliphatic rings. The van der Waals surface area contributed by atoms with Gasteiger partial charge in [0.2, 0.25) is 11.9 Å². The number of amides is 1. The summed E-state index contributed by atoms with van der Waals surface area (Å²) in [5.74, 6) is 0.586. The smallest absolute Gasteiger partial charge is 0.255 e. The molecule has 5 rings (SSSR count). The third kappa shape index (κ3) is 2.37. The van der Waals surface area contributed by atoms with Gasteiger partial charge in [0.25, 0.3) is 5.56 Å². The first kappa shape index (κ1) is 17.0. The molecule has 1 fully saturated rings. The molecule has 1 aromatic heterocycles. The average molecular weight is 375 g/mol. The molecule has 1 spiro atoms. The summed E-state index contributed by atoms with van der Waals surface area (Å²) in [7, 11) is 0. The van der Waals surface area contributed by atoms with Crippen LogP contribution >= 0.6 is 0 Å². The van der Waals surface area contributed by atoms with Gasteiger partial charge in [0.15, 0.2) is 5.69 Å². The SMILES string of the molecule is [C-]#[N+]c1cccc2c1C1(CCN(c3nc4c(c(=O)[nH]3)CCCC4)CC1)C(=O)N2. The highest BCUT2D eigenvalue weighted by molar-refractivity contribution is 6.08. The molecule has 2 aromatic rings. The molecule has 0 radical (unpaired) electrons. The maximum atomic E-state index is 12.9. The lowest BCUT2D eigenvalue weighted by Gasteiger charge is -2.38. The van der Waals surface area contributed by atoms with Crippen LogP contribution in [0, 0.1) is 6.57 Å². The summed E-state index contributed by atoms with van der Waals surface area (Å²) >= 11 is 0. The minimum absolute atomic E-state index is 0.0230. The number of H-pyrrole nitrogens is 1. The topological polar surface area (TPSA) is 82.5 Å². The molecule has 0 unspecified atom stereocenters. The van der Waals surface area contributed by atoms with Gasteiger partial charge < -0.3 is 10.2 Å². The lowest BCUT2D eigenvalue weighted by atomic mass is 9.73. The summed E-state index contributed by atoms with van der Waals surface area (Å²) in [4.78, 5) is 38.7. The molecule has 142 valence electrons. The Morgan fingerprint density at radius 1 is 1.14 bits per heavy atom. The zero-order valence-corrected chi connectivity index (χ0v) is 15.5. The molecule has 3 heterocycles. The van der Waals surface area contributed by atoms with Gasteiger partial charge in [-0.2, -0.15) is 0 Å². The quantitative estimate of drug-likeness (QED) is 0.751. The normalized spacial score (nSPS) is 19.7. The van der Waals surface area contributed by atoms with Crippen molar-refractivity contribution < 1.29 is 4.79 Å². The van der Waals surface area contributed by atoms with Crippen LogP contribution in [0.3, 0.4) is 0 Å². The number of nitrogens with one attached hydrogen (secondary N) is 2. The first-order valence-electron chi connectivity index (χ1n) is 9.82. The second-order valence-electron chi connectivity index (χ2n) is 7.86. The number of carbonyl (C=O) groups is 1. The first-order chi connectivity index (χ1) is 13.6. The maximum absolute atomic E-state index is 12.9. The monoisotopic (exact) mass is 375 g/mol. The lowest BCUT2D eigenvalue weighted by molar-refractivity contribution is -0.121. The Morgan fingerprint density at radius 2 is 1.93 bits per heavy atom. The fourth-order valence-corrected chi connectivity index (χ4v) is 4.91. The molecular weight excluding hydrogens is 354 g/mol. The average Bonchev–Trinajstić information content (AvgIpc) is 3.00. The van der Waals surface area contributed by atoms with E-state index in [1.165, 1.54) is 0 Å². The number of benzene rings is 1. The van der Waals surface area contributed by atoms with Crippen molar-refractivity contribution in [2.45, 2.75) is 43.9 Å². The molecular formula is C21H21N5O2. The Kier molecular flexibility index (Phi) is 3.76. The number of carbonyl (C=O) groups excluding carboxylic acids is 1. The molecule has 0 bridgehead atoms. The summed E-state index contributed by atoms with van der Waals surface area (Å²) < 4.78 is 0. The first-order valence-corrected chi connectivity index (χ1v) is 9.82. The molecule has 0 saturated carbocycles. The summed E-state index contributed by atoms with van der Waals surface area (Å²) in [6, 6.07) is 5.46. The fraction of sp³-hybridized carbons (Fsp3) is 0.429. The van der Waals surface area contributed by atoms with E-state index in [0.29, 0.717) is 37.6 Å². The number of aryl methyl sites for hydroxylation is 1. The number of nitrogens with zero attached hydrogens (tertiary/aromatic N) is 3. The third-order valence-electron chi connectivity index (χ3n) is 6.42. The molecule has 0 atom stereocenters. The van der Waals surface area contributed by atoms with Crippen molar-refractivity contribution in [1.29, 1.82) is 0 Å². The van der Waals surface area contributed by atoms with Gasteiger partial charge in [-0.15, -0.1) is 0 Å². The highest BCUT2D eigenvalue weighted by atomic mass is 16.2. The van der Waals surface area contributed by atoms with E-state index in [1.807, 2.05) is 12.1 Å². The number of aromatic nitrogens is 2. The molecule has 2 N–H and O–H groups in total. The van der Waals surface area contributed by atoms with Gasteiger partial charge in [0.1, 0.15) is 0 Å². The Balaban J connectivity index is 1.46. The largest absolute Gasteiger partial charge is 0.342 e. The lowest BCUT2D eigenvalue weighted by Crippen LogP contribution is -2.47. The van der Waals surface area contributed by atoms with Crippen LogP contribution in [0.5, 0.6) is 0 Å². The fourth-order valence-electron chi connectivity index (χ4n) is 4.91. The van der Waals surface area contributed by atoms with E-state index in [4.69, 9.17) is 11.6 Å². The van der Waals surface area contributed by atoms with Crippen molar-refractivity contribution in [3.05, 3.63) is 56.8 Å². The van der Waals surface area contributed by atoms with Crippen molar-refractivity contribution in [1.82, 2.24) is 9.97 Å². The highest BCUT2D eigenvalue weighted by Gasteiger charge is 2.49. The van der Waals surface area contributed by atoms with E-state index in [2.05, 4.69) is 20.0 Å². The number of piperidine rings is 1. The van der Waals surface area contributed by atoms with Crippen molar-refractivity contribution in [3.63, 3.8) is 0 Å². The summed E-state index contributed by atoms with van der Waals surface area (Å²) in [6.07, 6.45) is 4.97. The van der Waals surface area contributed by atoms with E-state index in [-0.39, 0.29) is 11.5 Å². The summed E-state index contributed by atoms with van der Waals surface area (Å²) in [6.45, 7) is 8.72. The molecule has 7 heteroatoms. The van der Waals surface area contributed by atoms with Crippen LogP contribution in [-0.4, -0.2) is 29.0 Å². The highest BCUT2D eigenvalue weighted by Crippen LogP contribution is 2.49. The van der Waals surface area contributed by atoms with Crippen LogP contribution in [0.4, 0.5) is 17.3 Å². The minimum atomic E-state index is -0.665. The van der Waals surface area contributed by atoms with E-state index >= 15 is 0 Å². The van der Waals surface area contributed by atoms with Crippen LogP contribution in [-0.2, 0) is 23.1 Å². The predicted octanol–water partition coefficient (Wildman–Crippen LogP) is 2.69. The number of anilines is 2. The number of aromatic amines is 1. The molecule has 2 aliphatic heterocycles. The number of hydrogen-bond donors (Lipinski definition) is 2. The molecule has 1 saturated heterocycles. The van der Waals surface area contributed by atoms with Crippen LogP contribution in [0.25, 0.3) is 4.85 Å². The van der Waals surface area contributed by atoms with Crippen molar-refractivity contribution in [2.75, 3.05) is 23.3 Å². The zero-order valence-electron chi connectivity index (χ0n) is 15.5. The van der Waals surface area contributed by atoms with E-state index in [1.54, 1.807) is 6.07 Å². The van der Waals surface area contributed by atoms with Crippen LogP contribution < -0.4 is 15.8 Å². The number of fused-ring (bicyclic) bond motifs is 3. The minimum Gasteiger partial charge on any atom is -0.342 e. The molecule has 28 heavy (non-hydrogen) atoms. The van der Waals surface area contributed by atoms with Gasteiger partial charge in [0, 0.05) is 24.3 Å². The Bertz CT molecular complexity index is 1070. The number of hydrogen-bond acceptors (Lipinski definition) is 4. The van der Waals surface area contributed by atoms with Crippen molar-refractivity contribution in [2.24, 2.45) is 0 Å². The van der Waals surface area contributed by atoms with Crippen molar-refractivity contribution >= 4 is 23.2 Å². The number of rotatable bonds is 1. The standard InChI is InChI=1S/C21H21N5O2/c1-22-15-7-4-8-16-17(15)21(19(28)23-16)9-11-26(12-10-21)20-24-14-6-3-2-5-13(14)18(27)25-20/h4,7-8H,2-3,5-6,9-12H2,(H,23,28)(H,24,25,27). The second kappa shape index (κ2) is 6.20. The van der Waals surface area contributed by atoms with Gasteiger partial charge in [-0.25, -0.2) is 9.83 Å². The second-order valence-corrected chi connectivity index (χ2v) is 7.86. The Labute approximate surface area is 162 Å². The Hall–Kier alpha value is -3.14.